The third-order valence-electron chi connectivity index (χ3n) is 3.41. The minimum absolute atomic E-state index is 0.211. The molecule has 0 bridgehead atoms. The van der Waals surface area contributed by atoms with Crippen molar-refractivity contribution in [2.45, 2.75) is 44.7 Å². The van der Waals surface area contributed by atoms with Crippen LogP contribution in [0.5, 0.6) is 0 Å². The van der Waals surface area contributed by atoms with Crippen molar-refractivity contribution in [2.75, 3.05) is 0 Å². The van der Waals surface area contributed by atoms with Gasteiger partial charge in [0, 0.05) is 11.6 Å². The number of hydrogen-bond acceptors (Lipinski definition) is 1. The van der Waals surface area contributed by atoms with E-state index in [0.29, 0.717) is 5.56 Å². The Labute approximate surface area is 107 Å². The van der Waals surface area contributed by atoms with Crippen LogP contribution in [-0.4, -0.2) is 12.1 Å². The van der Waals surface area contributed by atoms with E-state index in [2.05, 4.69) is 10.6 Å². The van der Waals surface area contributed by atoms with Gasteiger partial charge in [-0.15, -0.1) is 0 Å². The van der Waals surface area contributed by atoms with Crippen molar-refractivity contribution in [1.82, 2.24) is 10.6 Å². The van der Waals surface area contributed by atoms with Crippen LogP contribution in [0.4, 0.5) is 9.18 Å². The number of rotatable bonds is 3. The lowest BCUT2D eigenvalue weighted by molar-refractivity contribution is 0.234. The van der Waals surface area contributed by atoms with Crippen LogP contribution in [0.2, 0.25) is 0 Å². The van der Waals surface area contributed by atoms with Crippen LogP contribution >= 0.6 is 0 Å². The Hall–Kier alpha value is -1.58. The first kappa shape index (κ1) is 12.9. The van der Waals surface area contributed by atoms with Gasteiger partial charge in [0.1, 0.15) is 5.82 Å². The largest absolute Gasteiger partial charge is 0.335 e. The highest BCUT2D eigenvalue weighted by Gasteiger charge is 2.19. The molecule has 0 radical (unpaired) electrons. The van der Waals surface area contributed by atoms with Crippen molar-refractivity contribution < 1.29 is 9.18 Å². The Kier molecular flexibility index (Phi) is 4.18. The van der Waals surface area contributed by atoms with Gasteiger partial charge >= 0.3 is 6.03 Å². The Morgan fingerprint density at radius 3 is 2.67 bits per heavy atom. The number of carbonyl (C=O) groups is 1. The Balaban J connectivity index is 1.88. The van der Waals surface area contributed by atoms with Gasteiger partial charge in [-0.05, 0) is 25.8 Å². The fourth-order valence-electron chi connectivity index (χ4n) is 2.40. The molecule has 1 aliphatic carbocycles. The first-order valence-electron chi connectivity index (χ1n) is 6.48. The van der Waals surface area contributed by atoms with Gasteiger partial charge in [-0.3, -0.25) is 0 Å². The average Bonchev–Trinajstić information content (AvgIpc) is 2.82. The van der Waals surface area contributed by atoms with E-state index in [0.717, 1.165) is 12.8 Å². The summed E-state index contributed by atoms with van der Waals surface area (Å²) in [5.41, 5.74) is 0.513. The van der Waals surface area contributed by atoms with Crippen LogP contribution in [0.3, 0.4) is 0 Å². The monoisotopic (exact) mass is 250 g/mol. The van der Waals surface area contributed by atoms with Crippen LogP contribution in [-0.2, 0) is 0 Å². The molecule has 0 heterocycles. The third-order valence-corrected chi connectivity index (χ3v) is 3.41. The maximum Gasteiger partial charge on any atom is 0.315 e. The van der Waals surface area contributed by atoms with Gasteiger partial charge in [-0.1, -0.05) is 31.0 Å². The molecule has 3 nitrogen and oxygen atoms in total. The zero-order chi connectivity index (χ0) is 13.0. The Morgan fingerprint density at radius 1 is 1.33 bits per heavy atom. The second-order valence-electron chi connectivity index (χ2n) is 4.84. The fraction of sp³-hybridized carbons (Fsp3) is 0.500. The number of carbonyl (C=O) groups excluding carboxylic acids is 1. The average molecular weight is 250 g/mol. The van der Waals surface area contributed by atoms with Crippen LogP contribution in [0.1, 0.15) is 44.2 Å². The first-order valence-corrected chi connectivity index (χ1v) is 6.48. The molecule has 1 aromatic rings. The van der Waals surface area contributed by atoms with Crippen molar-refractivity contribution in [1.29, 1.82) is 0 Å². The highest BCUT2D eigenvalue weighted by molar-refractivity contribution is 5.74. The van der Waals surface area contributed by atoms with Gasteiger partial charge in [0.05, 0.1) is 6.04 Å². The second kappa shape index (κ2) is 5.85. The van der Waals surface area contributed by atoms with Crippen LogP contribution in [0.25, 0.3) is 0 Å². The zero-order valence-corrected chi connectivity index (χ0v) is 10.6. The summed E-state index contributed by atoms with van der Waals surface area (Å²) < 4.78 is 13.5. The van der Waals surface area contributed by atoms with E-state index in [4.69, 9.17) is 0 Å². The molecule has 1 saturated carbocycles. The van der Waals surface area contributed by atoms with E-state index in [1.807, 2.05) is 0 Å². The lowest BCUT2D eigenvalue weighted by Crippen LogP contribution is -2.42. The van der Waals surface area contributed by atoms with Gasteiger partial charge < -0.3 is 10.6 Å². The predicted octanol–water partition coefficient (Wildman–Crippen LogP) is 3.13. The van der Waals surface area contributed by atoms with E-state index in [9.17, 15) is 9.18 Å². The number of nitrogens with one attached hydrogen (secondary N) is 2. The number of halogens is 1. The molecule has 1 aromatic carbocycles. The van der Waals surface area contributed by atoms with E-state index < -0.39 is 0 Å². The summed E-state index contributed by atoms with van der Waals surface area (Å²) in [6.45, 7) is 1.78. The minimum atomic E-state index is -0.326. The van der Waals surface area contributed by atoms with E-state index in [1.54, 1.807) is 25.1 Å². The molecule has 1 aliphatic rings. The van der Waals surface area contributed by atoms with Crippen LogP contribution < -0.4 is 10.6 Å². The summed E-state index contributed by atoms with van der Waals surface area (Å²) in [5.74, 6) is -0.286. The molecule has 18 heavy (non-hydrogen) atoms. The topological polar surface area (TPSA) is 41.1 Å². The summed E-state index contributed by atoms with van der Waals surface area (Å²) >= 11 is 0. The normalized spacial score (nSPS) is 17.4. The van der Waals surface area contributed by atoms with E-state index in [1.165, 1.54) is 18.9 Å². The molecule has 0 aromatic heterocycles. The molecule has 4 heteroatoms. The summed E-state index contributed by atoms with van der Waals surface area (Å²) in [5, 5.41) is 5.70. The first-order chi connectivity index (χ1) is 8.66. The van der Waals surface area contributed by atoms with Crippen molar-refractivity contribution in [3.05, 3.63) is 35.6 Å². The van der Waals surface area contributed by atoms with Gasteiger partial charge in [-0.25, -0.2) is 9.18 Å². The summed E-state index contributed by atoms with van der Waals surface area (Å²) in [4.78, 5) is 11.7. The number of benzene rings is 1. The molecule has 98 valence electrons. The number of hydrogen-bond donors (Lipinski definition) is 2. The van der Waals surface area contributed by atoms with Crippen LogP contribution in [0.15, 0.2) is 24.3 Å². The van der Waals surface area contributed by atoms with Crippen molar-refractivity contribution >= 4 is 6.03 Å². The fourth-order valence-corrected chi connectivity index (χ4v) is 2.40. The lowest BCUT2D eigenvalue weighted by Gasteiger charge is -2.18. The van der Waals surface area contributed by atoms with Gasteiger partial charge in [0.15, 0.2) is 0 Å². The zero-order valence-electron chi connectivity index (χ0n) is 10.6. The van der Waals surface area contributed by atoms with Crippen molar-refractivity contribution in [3.8, 4) is 0 Å². The molecule has 0 aliphatic heterocycles. The smallest absolute Gasteiger partial charge is 0.315 e. The summed E-state index contributed by atoms with van der Waals surface area (Å²) in [6, 6.07) is 6.25. The molecule has 1 fully saturated rings. The van der Waals surface area contributed by atoms with Gasteiger partial charge in [0.2, 0.25) is 0 Å². The standard InChI is InChI=1S/C14H19FN2O/c1-10(12-8-4-5-9-13(12)15)16-14(18)17-11-6-2-3-7-11/h4-5,8-11H,2-3,6-7H2,1H3,(H2,16,17,18). The Morgan fingerprint density at radius 2 is 2.00 bits per heavy atom. The molecule has 0 saturated heterocycles. The molecule has 1 atom stereocenters. The van der Waals surface area contributed by atoms with Crippen LogP contribution in [0, 0.1) is 5.82 Å². The molecule has 0 spiro atoms. The van der Waals surface area contributed by atoms with E-state index in [-0.39, 0.29) is 23.9 Å². The van der Waals surface area contributed by atoms with Crippen molar-refractivity contribution in [3.63, 3.8) is 0 Å². The quantitative estimate of drug-likeness (QED) is 0.850. The van der Waals surface area contributed by atoms with E-state index >= 15 is 0 Å². The molecule has 2 rings (SSSR count). The minimum Gasteiger partial charge on any atom is -0.335 e. The number of amides is 2. The molecule has 1 unspecified atom stereocenters. The maximum absolute atomic E-state index is 13.5. The lowest BCUT2D eigenvalue weighted by atomic mass is 10.1. The summed E-state index contributed by atoms with van der Waals surface area (Å²) in [6.07, 6.45) is 4.44. The number of urea groups is 1. The highest BCUT2D eigenvalue weighted by atomic mass is 19.1. The summed E-state index contributed by atoms with van der Waals surface area (Å²) in [7, 11) is 0. The molecular weight excluding hydrogens is 231 g/mol. The molecule has 2 N–H and O–H groups in total. The second-order valence-corrected chi connectivity index (χ2v) is 4.84. The molecular formula is C14H19FN2O. The maximum atomic E-state index is 13.5. The molecule has 2 amide bonds. The van der Waals surface area contributed by atoms with Gasteiger partial charge in [0.25, 0.3) is 0 Å². The Bertz CT molecular complexity index is 416. The predicted molar refractivity (Wildman–Crippen MR) is 68.7 cm³/mol. The van der Waals surface area contributed by atoms with Crippen molar-refractivity contribution in [2.24, 2.45) is 0 Å². The third kappa shape index (κ3) is 3.22. The highest BCUT2D eigenvalue weighted by Crippen LogP contribution is 2.18. The van der Waals surface area contributed by atoms with Gasteiger partial charge in [-0.2, -0.15) is 0 Å². The SMILES string of the molecule is CC(NC(=O)NC1CCCC1)c1ccccc1F.